The molecule has 100 valence electrons. The first-order valence-corrected chi connectivity index (χ1v) is 5.79. The number of halogens is 1. The largest absolute Gasteiger partial charge is 0.475 e. The van der Waals surface area contributed by atoms with E-state index in [-0.39, 0.29) is 11.6 Å². The highest BCUT2D eigenvalue weighted by Gasteiger charge is 2.10. The number of aromatic carboxylic acids is 1. The van der Waals surface area contributed by atoms with E-state index < -0.39 is 5.97 Å². The first-order chi connectivity index (χ1) is 9.04. The maximum Gasteiger partial charge on any atom is 0.371 e. The fourth-order valence-corrected chi connectivity index (χ4v) is 1.80. The maximum absolute atomic E-state index is 12.8. The van der Waals surface area contributed by atoms with Crippen molar-refractivity contribution in [3.05, 3.63) is 59.3 Å². The molecule has 0 radical (unpaired) electrons. The van der Waals surface area contributed by atoms with Gasteiger partial charge in [0.1, 0.15) is 11.6 Å². The molecule has 1 aromatic carbocycles. The monoisotopic (exact) mass is 263 g/mol. The van der Waals surface area contributed by atoms with E-state index in [1.54, 1.807) is 18.2 Å². The number of carbonyl (C=O) groups is 1. The van der Waals surface area contributed by atoms with E-state index in [4.69, 9.17) is 9.52 Å². The number of carboxylic acids is 1. The van der Waals surface area contributed by atoms with Gasteiger partial charge in [0.15, 0.2) is 0 Å². The Balaban J connectivity index is 1.94. The average Bonchev–Trinajstić information content (AvgIpc) is 2.80. The molecule has 0 spiro atoms. The smallest absolute Gasteiger partial charge is 0.371 e. The molecule has 1 N–H and O–H groups in total. The van der Waals surface area contributed by atoms with Gasteiger partial charge in [-0.15, -0.1) is 0 Å². The minimum atomic E-state index is -1.08. The number of furan rings is 1. The van der Waals surface area contributed by atoms with Crippen molar-refractivity contribution in [1.29, 1.82) is 0 Å². The van der Waals surface area contributed by atoms with Crippen molar-refractivity contribution in [2.75, 3.05) is 7.05 Å². The minimum absolute atomic E-state index is 0.0646. The van der Waals surface area contributed by atoms with Crippen molar-refractivity contribution in [2.45, 2.75) is 13.1 Å². The molecule has 0 unspecified atom stereocenters. The molecule has 0 fully saturated rings. The summed E-state index contributed by atoms with van der Waals surface area (Å²) in [6.07, 6.45) is 0. The Kier molecular flexibility index (Phi) is 3.97. The summed E-state index contributed by atoms with van der Waals surface area (Å²) >= 11 is 0. The van der Waals surface area contributed by atoms with Crippen LogP contribution in [0.15, 0.2) is 40.8 Å². The van der Waals surface area contributed by atoms with E-state index in [1.807, 2.05) is 11.9 Å². The van der Waals surface area contributed by atoms with Gasteiger partial charge in [-0.25, -0.2) is 9.18 Å². The molecule has 2 aromatic rings. The predicted molar refractivity (Wildman–Crippen MR) is 67.2 cm³/mol. The van der Waals surface area contributed by atoms with Gasteiger partial charge in [0.25, 0.3) is 0 Å². The summed E-state index contributed by atoms with van der Waals surface area (Å²) in [4.78, 5) is 12.6. The summed E-state index contributed by atoms with van der Waals surface area (Å²) in [7, 11) is 1.88. The van der Waals surface area contributed by atoms with E-state index >= 15 is 0 Å². The molecule has 0 aliphatic heterocycles. The zero-order valence-electron chi connectivity index (χ0n) is 10.5. The highest BCUT2D eigenvalue weighted by Crippen LogP contribution is 2.12. The SMILES string of the molecule is CN(Cc1ccc(F)cc1)Cc1ccc(C(=O)O)o1. The summed E-state index contributed by atoms with van der Waals surface area (Å²) in [6.45, 7) is 1.12. The zero-order valence-corrected chi connectivity index (χ0v) is 10.5. The molecule has 2 rings (SSSR count). The number of benzene rings is 1. The molecule has 0 saturated carbocycles. The second-order valence-electron chi connectivity index (χ2n) is 4.37. The highest BCUT2D eigenvalue weighted by molar-refractivity contribution is 5.84. The lowest BCUT2D eigenvalue weighted by Crippen LogP contribution is -2.16. The Morgan fingerprint density at radius 1 is 1.21 bits per heavy atom. The van der Waals surface area contributed by atoms with E-state index in [1.165, 1.54) is 18.2 Å². The number of carboxylic acid groups (broad SMARTS) is 1. The van der Waals surface area contributed by atoms with Crippen molar-refractivity contribution in [2.24, 2.45) is 0 Å². The van der Waals surface area contributed by atoms with Crippen molar-refractivity contribution in [1.82, 2.24) is 4.90 Å². The highest BCUT2D eigenvalue weighted by atomic mass is 19.1. The molecular formula is C14H14FNO3. The Bertz CT molecular complexity index is 562. The van der Waals surface area contributed by atoms with Crippen LogP contribution in [0.1, 0.15) is 21.9 Å². The number of hydrogen-bond acceptors (Lipinski definition) is 3. The molecule has 0 amide bonds. The molecule has 0 aliphatic carbocycles. The van der Waals surface area contributed by atoms with Crippen LogP contribution in [0.25, 0.3) is 0 Å². The molecule has 1 aromatic heterocycles. The summed E-state index contributed by atoms with van der Waals surface area (Å²) in [6, 6.07) is 9.35. The minimum Gasteiger partial charge on any atom is -0.475 e. The van der Waals surface area contributed by atoms with Gasteiger partial charge in [-0.05, 0) is 36.9 Å². The molecule has 0 atom stereocenters. The molecule has 0 aliphatic rings. The van der Waals surface area contributed by atoms with Gasteiger partial charge >= 0.3 is 5.97 Å². The van der Waals surface area contributed by atoms with Gasteiger partial charge in [0, 0.05) is 6.54 Å². The first-order valence-electron chi connectivity index (χ1n) is 5.79. The summed E-state index contributed by atoms with van der Waals surface area (Å²) in [5, 5.41) is 8.75. The quantitative estimate of drug-likeness (QED) is 0.901. The fourth-order valence-electron chi connectivity index (χ4n) is 1.80. The van der Waals surface area contributed by atoms with Crippen LogP contribution >= 0.6 is 0 Å². The summed E-state index contributed by atoms with van der Waals surface area (Å²) in [5.74, 6) is -0.817. The Hall–Kier alpha value is -2.14. The lowest BCUT2D eigenvalue weighted by Gasteiger charge is -2.15. The third kappa shape index (κ3) is 3.66. The van der Waals surface area contributed by atoms with Gasteiger partial charge < -0.3 is 9.52 Å². The van der Waals surface area contributed by atoms with E-state index in [2.05, 4.69) is 0 Å². The maximum atomic E-state index is 12.8. The van der Waals surface area contributed by atoms with Crippen LogP contribution in [0.4, 0.5) is 4.39 Å². The third-order valence-electron chi connectivity index (χ3n) is 2.66. The van der Waals surface area contributed by atoms with Crippen molar-refractivity contribution in [3.8, 4) is 0 Å². The summed E-state index contributed by atoms with van der Waals surface area (Å²) < 4.78 is 17.9. The molecule has 4 nitrogen and oxygen atoms in total. The van der Waals surface area contributed by atoms with Crippen molar-refractivity contribution >= 4 is 5.97 Å². The van der Waals surface area contributed by atoms with E-state index in [0.717, 1.165) is 5.56 Å². The standard InChI is InChI=1S/C14H14FNO3/c1-16(8-10-2-4-11(15)5-3-10)9-12-6-7-13(19-12)14(17)18/h2-7H,8-9H2,1H3,(H,17,18). The molecule has 5 heteroatoms. The van der Waals surface area contributed by atoms with Crippen LogP contribution in [0.2, 0.25) is 0 Å². The lowest BCUT2D eigenvalue weighted by atomic mass is 10.2. The van der Waals surface area contributed by atoms with Gasteiger partial charge in [-0.3, -0.25) is 4.90 Å². The van der Waals surface area contributed by atoms with Gasteiger partial charge in [-0.2, -0.15) is 0 Å². The fraction of sp³-hybridized carbons (Fsp3) is 0.214. The van der Waals surface area contributed by atoms with Crippen LogP contribution in [-0.2, 0) is 13.1 Å². The molecule has 0 saturated heterocycles. The zero-order chi connectivity index (χ0) is 13.8. The third-order valence-corrected chi connectivity index (χ3v) is 2.66. The van der Waals surface area contributed by atoms with Crippen molar-refractivity contribution in [3.63, 3.8) is 0 Å². The normalized spacial score (nSPS) is 10.9. The molecular weight excluding hydrogens is 249 g/mol. The Labute approximate surface area is 110 Å². The van der Waals surface area contributed by atoms with Crippen molar-refractivity contribution < 1.29 is 18.7 Å². The Morgan fingerprint density at radius 2 is 1.89 bits per heavy atom. The van der Waals surface area contributed by atoms with Gasteiger partial charge in [-0.1, -0.05) is 12.1 Å². The molecule has 0 bridgehead atoms. The van der Waals surface area contributed by atoms with Gasteiger partial charge in [0.2, 0.25) is 5.76 Å². The van der Waals surface area contributed by atoms with Crippen LogP contribution in [0.5, 0.6) is 0 Å². The van der Waals surface area contributed by atoms with Crippen LogP contribution in [0, 0.1) is 5.82 Å². The van der Waals surface area contributed by atoms with Crippen LogP contribution < -0.4 is 0 Å². The predicted octanol–water partition coefficient (Wildman–Crippen LogP) is 2.75. The second kappa shape index (κ2) is 5.67. The van der Waals surface area contributed by atoms with E-state index in [0.29, 0.717) is 18.8 Å². The Morgan fingerprint density at radius 3 is 2.47 bits per heavy atom. The van der Waals surface area contributed by atoms with Crippen LogP contribution in [-0.4, -0.2) is 23.0 Å². The first kappa shape index (κ1) is 13.3. The van der Waals surface area contributed by atoms with E-state index in [9.17, 15) is 9.18 Å². The summed E-state index contributed by atoms with van der Waals surface area (Å²) in [5.41, 5.74) is 0.980. The lowest BCUT2D eigenvalue weighted by molar-refractivity contribution is 0.0658. The van der Waals surface area contributed by atoms with Crippen LogP contribution in [0.3, 0.4) is 0 Å². The number of hydrogen-bond donors (Lipinski definition) is 1. The topological polar surface area (TPSA) is 53.7 Å². The number of rotatable bonds is 5. The molecule has 1 heterocycles. The molecule has 19 heavy (non-hydrogen) atoms. The number of nitrogens with zero attached hydrogens (tertiary/aromatic N) is 1. The second-order valence-corrected chi connectivity index (χ2v) is 4.37. The average molecular weight is 263 g/mol. The van der Waals surface area contributed by atoms with Gasteiger partial charge in [0.05, 0.1) is 6.54 Å².